The SMILES string of the molecule is COC(=O)Nc1c(F)cccc1CCC1(O)CCC2=CC(C)=C(C=NCCc3ccc(F)cc3)CC21C. The first-order chi connectivity index (χ1) is 17.6. The van der Waals surface area contributed by atoms with Gasteiger partial charge in [-0.1, -0.05) is 42.8 Å². The number of para-hydroxylation sites is 1. The number of hydrogen-bond acceptors (Lipinski definition) is 4. The number of aliphatic hydroxyl groups is 1. The molecule has 2 atom stereocenters. The average Bonchev–Trinajstić information content (AvgIpc) is 3.13. The molecule has 0 bridgehead atoms. The molecule has 2 N–H and O–H groups in total. The van der Waals surface area contributed by atoms with Crippen LogP contribution in [0, 0.1) is 17.0 Å². The predicted octanol–water partition coefficient (Wildman–Crippen LogP) is 6.57. The Morgan fingerprint density at radius 3 is 2.68 bits per heavy atom. The van der Waals surface area contributed by atoms with Crippen molar-refractivity contribution < 1.29 is 23.4 Å². The van der Waals surface area contributed by atoms with Crippen LogP contribution in [-0.4, -0.2) is 36.7 Å². The summed E-state index contributed by atoms with van der Waals surface area (Å²) in [5, 5.41) is 14.4. The van der Waals surface area contributed by atoms with Crippen molar-refractivity contribution in [3.8, 4) is 0 Å². The van der Waals surface area contributed by atoms with Crippen LogP contribution >= 0.6 is 0 Å². The maximum absolute atomic E-state index is 14.5. The Bertz CT molecular complexity index is 1250. The second kappa shape index (κ2) is 11.0. The minimum Gasteiger partial charge on any atom is -0.453 e. The molecule has 0 spiro atoms. The number of nitrogens with one attached hydrogen (secondary N) is 1. The lowest BCUT2D eigenvalue weighted by molar-refractivity contribution is -0.0458. The number of ether oxygens (including phenoxy) is 1. The Hall–Kier alpha value is -3.32. The standard InChI is InChI=1S/C30H34F2N2O3/c1-20-17-24-12-15-30(36,14-11-22-5-4-6-26(32)27(22)34-28(35)37-3)29(24,2)18-23(20)19-33-16-13-21-7-9-25(31)10-8-21/h4-10,17,19,36H,11-16,18H2,1-3H3,(H,34,35). The largest absolute Gasteiger partial charge is 0.453 e. The van der Waals surface area contributed by atoms with Crippen molar-refractivity contribution in [2.24, 2.45) is 10.4 Å². The molecule has 4 rings (SSSR count). The molecule has 2 aromatic rings. The van der Waals surface area contributed by atoms with E-state index in [1.807, 2.05) is 6.21 Å². The lowest BCUT2D eigenvalue weighted by atomic mass is 9.65. The number of halogens is 2. The molecule has 7 heteroatoms. The average molecular weight is 509 g/mol. The molecule has 37 heavy (non-hydrogen) atoms. The van der Waals surface area contributed by atoms with E-state index in [1.54, 1.807) is 24.3 Å². The fraction of sp³-hybridized carbons (Fsp3) is 0.400. The van der Waals surface area contributed by atoms with E-state index in [-0.39, 0.29) is 11.5 Å². The predicted molar refractivity (Wildman–Crippen MR) is 142 cm³/mol. The number of hydrogen-bond donors (Lipinski definition) is 2. The Morgan fingerprint density at radius 2 is 1.95 bits per heavy atom. The molecule has 0 aliphatic heterocycles. The Labute approximate surface area is 217 Å². The van der Waals surface area contributed by atoms with Crippen LogP contribution in [-0.2, 0) is 17.6 Å². The van der Waals surface area contributed by atoms with Crippen LogP contribution < -0.4 is 5.32 Å². The molecule has 1 amide bonds. The summed E-state index contributed by atoms with van der Waals surface area (Å²) >= 11 is 0. The highest BCUT2D eigenvalue weighted by Gasteiger charge is 2.54. The van der Waals surface area contributed by atoms with E-state index in [9.17, 15) is 18.7 Å². The number of methoxy groups -OCH3 is 1. The van der Waals surface area contributed by atoms with Gasteiger partial charge < -0.3 is 9.84 Å². The number of aliphatic imine (C=N–C) groups is 1. The quantitative estimate of drug-likeness (QED) is 0.397. The molecule has 0 radical (unpaired) electrons. The van der Waals surface area contributed by atoms with Crippen molar-refractivity contribution in [1.82, 2.24) is 0 Å². The first-order valence-corrected chi connectivity index (χ1v) is 12.6. The number of carbonyl (C=O) groups excluding carboxylic acids is 1. The third kappa shape index (κ3) is 5.67. The lowest BCUT2D eigenvalue weighted by Gasteiger charge is -2.43. The highest BCUT2D eigenvalue weighted by molar-refractivity contribution is 5.85. The Morgan fingerprint density at radius 1 is 1.19 bits per heavy atom. The van der Waals surface area contributed by atoms with E-state index >= 15 is 0 Å². The highest BCUT2D eigenvalue weighted by Crippen LogP contribution is 2.57. The second-order valence-corrected chi connectivity index (χ2v) is 10.2. The number of benzene rings is 2. The zero-order chi connectivity index (χ0) is 26.6. The zero-order valence-corrected chi connectivity index (χ0v) is 21.6. The molecular weight excluding hydrogens is 474 g/mol. The van der Waals surface area contributed by atoms with Crippen molar-refractivity contribution in [3.05, 3.63) is 88.0 Å². The van der Waals surface area contributed by atoms with Gasteiger partial charge in [-0.15, -0.1) is 0 Å². The van der Waals surface area contributed by atoms with Crippen molar-refractivity contribution in [2.75, 3.05) is 19.0 Å². The zero-order valence-electron chi connectivity index (χ0n) is 21.6. The molecule has 2 aliphatic rings. The third-order valence-electron chi connectivity index (χ3n) is 8.00. The minimum absolute atomic E-state index is 0.0882. The lowest BCUT2D eigenvalue weighted by Crippen LogP contribution is -2.44. The van der Waals surface area contributed by atoms with E-state index < -0.39 is 22.9 Å². The molecule has 0 aromatic heterocycles. The summed E-state index contributed by atoms with van der Waals surface area (Å²) in [4.78, 5) is 16.4. The van der Waals surface area contributed by atoms with E-state index in [0.717, 1.165) is 29.6 Å². The van der Waals surface area contributed by atoms with Gasteiger partial charge in [-0.25, -0.2) is 13.6 Å². The second-order valence-electron chi connectivity index (χ2n) is 10.2. The number of aryl methyl sites for hydroxylation is 1. The molecule has 0 heterocycles. The molecule has 5 nitrogen and oxygen atoms in total. The van der Waals surface area contributed by atoms with E-state index in [0.29, 0.717) is 37.8 Å². The van der Waals surface area contributed by atoms with Gasteiger partial charge >= 0.3 is 6.09 Å². The summed E-state index contributed by atoms with van der Waals surface area (Å²) in [6, 6.07) is 11.1. The van der Waals surface area contributed by atoms with Crippen molar-refractivity contribution in [3.63, 3.8) is 0 Å². The van der Waals surface area contributed by atoms with Gasteiger partial charge in [-0.3, -0.25) is 10.3 Å². The monoisotopic (exact) mass is 508 g/mol. The number of fused-ring (bicyclic) bond motifs is 1. The fourth-order valence-corrected chi connectivity index (χ4v) is 5.56. The summed E-state index contributed by atoms with van der Waals surface area (Å²) in [6.07, 6.45) is 6.98. The first-order valence-electron chi connectivity index (χ1n) is 12.6. The molecule has 0 saturated heterocycles. The van der Waals surface area contributed by atoms with Crippen LogP contribution in [0.15, 0.2) is 70.3 Å². The van der Waals surface area contributed by atoms with E-state index in [4.69, 9.17) is 0 Å². The Kier molecular flexibility index (Phi) is 7.93. The molecule has 196 valence electrons. The number of allylic oxidation sites excluding steroid dienone is 3. The number of nitrogens with zero attached hydrogens (tertiary/aromatic N) is 1. The van der Waals surface area contributed by atoms with Gasteiger partial charge in [0.05, 0.1) is 18.4 Å². The summed E-state index contributed by atoms with van der Waals surface area (Å²) < 4.78 is 32.2. The van der Waals surface area contributed by atoms with Crippen LogP contribution in [0.25, 0.3) is 0 Å². The number of carbonyl (C=O) groups is 1. The van der Waals surface area contributed by atoms with Gasteiger partial charge in [0.25, 0.3) is 0 Å². The van der Waals surface area contributed by atoms with E-state index in [2.05, 4.69) is 35.0 Å². The summed E-state index contributed by atoms with van der Waals surface area (Å²) in [5.74, 6) is -0.785. The molecule has 1 fully saturated rings. The molecule has 2 aliphatic carbocycles. The summed E-state index contributed by atoms with van der Waals surface area (Å²) in [7, 11) is 1.23. The molecular formula is C30H34F2N2O3. The number of rotatable bonds is 8. The summed E-state index contributed by atoms with van der Waals surface area (Å²) in [6.45, 7) is 4.77. The smallest absolute Gasteiger partial charge is 0.411 e. The van der Waals surface area contributed by atoms with Crippen LogP contribution in [0.5, 0.6) is 0 Å². The van der Waals surface area contributed by atoms with Crippen LogP contribution in [0.1, 0.15) is 50.7 Å². The van der Waals surface area contributed by atoms with Crippen molar-refractivity contribution >= 4 is 18.0 Å². The van der Waals surface area contributed by atoms with Gasteiger partial charge in [-0.2, -0.15) is 0 Å². The number of amides is 1. The molecule has 2 aromatic carbocycles. The van der Waals surface area contributed by atoms with Gasteiger partial charge in [-0.05, 0) is 85.9 Å². The van der Waals surface area contributed by atoms with Crippen LogP contribution in [0.2, 0.25) is 0 Å². The van der Waals surface area contributed by atoms with E-state index in [1.165, 1.54) is 30.9 Å². The normalized spacial score (nSPS) is 23.2. The Balaban J connectivity index is 1.46. The molecule has 2 unspecified atom stereocenters. The van der Waals surface area contributed by atoms with Crippen LogP contribution in [0.3, 0.4) is 0 Å². The van der Waals surface area contributed by atoms with Crippen LogP contribution in [0.4, 0.5) is 19.3 Å². The minimum atomic E-state index is -0.985. The fourth-order valence-electron chi connectivity index (χ4n) is 5.56. The first kappa shape index (κ1) is 26.7. The van der Waals surface area contributed by atoms with Crippen molar-refractivity contribution in [1.29, 1.82) is 0 Å². The van der Waals surface area contributed by atoms with Gasteiger partial charge in [0.2, 0.25) is 0 Å². The van der Waals surface area contributed by atoms with Gasteiger partial charge in [0, 0.05) is 18.2 Å². The summed E-state index contributed by atoms with van der Waals surface area (Å²) in [5.41, 5.74) is 3.75. The maximum atomic E-state index is 14.5. The highest BCUT2D eigenvalue weighted by atomic mass is 19.1. The third-order valence-corrected chi connectivity index (χ3v) is 8.00. The molecule has 1 saturated carbocycles. The van der Waals surface area contributed by atoms with Gasteiger partial charge in [0.15, 0.2) is 0 Å². The number of anilines is 1. The maximum Gasteiger partial charge on any atom is 0.411 e. The van der Waals surface area contributed by atoms with Gasteiger partial charge in [0.1, 0.15) is 11.6 Å². The topological polar surface area (TPSA) is 70.9 Å². The van der Waals surface area contributed by atoms with Crippen molar-refractivity contribution in [2.45, 2.75) is 58.0 Å².